The van der Waals surface area contributed by atoms with Gasteiger partial charge in [0.2, 0.25) is 0 Å². The van der Waals surface area contributed by atoms with Crippen LogP contribution in [0.5, 0.6) is 0 Å². The van der Waals surface area contributed by atoms with Gasteiger partial charge in [-0.25, -0.2) is 4.79 Å². The summed E-state index contributed by atoms with van der Waals surface area (Å²) >= 11 is 0. The monoisotopic (exact) mass is 227 g/mol. The van der Waals surface area contributed by atoms with Gasteiger partial charge in [0.05, 0.1) is 6.61 Å². The van der Waals surface area contributed by atoms with Crippen molar-refractivity contribution in [3.63, 3.8) is 0 Å². The summed E-state index contributed by atoms with van der Waals surface area (Å²) in [5, 5.41) is 8.87. The lowest BCUT2D eigenvalue weighted by Gasteiger charge is -2.00. The number of esters is 1. The first kappa shape index (κ1) is 12.7. The second kappa shape index (κ2) is 6.29. The van der Waals surface area contributed by atoms with Crippen LogP contribution in [0, 0.1) is 11.3 Å². The maximum Gasteiger partial charge on any atom is 0.348 e. The maximum absolute atomic E-state index is 11.4. The summed E-state index contributed by atoms with van der Waals surface area (Å²) in [6.07, 6.45) is 3.21. The minimum absolute atomic E-state index is 0.00642. The first-order chi connectivity index (χ1) is 8.21. The molecule has 0 heterocycles. The minimum atomic E-state index is -0.598. The molecule has 0 fully saturated rings. The zero-order chi connectivity index (χ0) is 12.7. The molecule has 0 bridgehead atoms. The van der Waals surface area contributed by atoms with Gasteiger partial charge < -0.3 is 4.74 Å². The lowest BCUT2D eigenvalue weighted by molar-refractivity contribution is -0.137. The van der Waals surface area contributed by atoms with E-state index in [0.29, 0.717) is 0 Å². The number of hydrogen-bond donors (Lipinski definition) is 0. The van der Waals surface area contributed by atoms with Crippen LogP contribution in [0.15, 0.2) is 36.4 Å². The normalized spacial score (nSPS) is 10.5. The molecule has 0 spiro atoms. The Morgan fingerprint density at radius 2 is 2.24 bits per heavy atom. The van der Waals surface area contributed by atoms with E-state index in [1.807, 2.05) is 30.3 Å². The Hall–Kier alpha value is -2.34. The second-order valence-corrected chi connectivity index (χ2v) is 3.26. The third-order valence-corrected chi connectivity index (χ3v) is 2.07. The standard InChI is InChI=1S/C14H13NO2/c1-3-11-6-5-7-12(8-11)9-13(10-15)14(16)17-4-2/h3,5-9H,1,4H2,2H3. The highest BCUT2D eigenvalue weighted by Crippen LogP contribution is 2.11. The molecule has 0 aliphatic carbocycles. The Morgan fingerprint density at radius 3 is 2.82 bits per heavy atom. The SMILES string of the molecule is C=Cc1cccc(C=C(C#N)C(=O)OCC)c1. The quantitative estimate of drug-likeness (QED) is 0.451. The molecule has 0 saturated carbocycles. The fourth-order valence-electron chi connectivity index (χ4n) is 1.29. The van der Waals surface area contributed by atoms with Crippen molar-refractivity contribution in [2.24, 2.45) is 0 Å². The van der Waals surface area contributed by atoms with Crippen LogP contribution in [0.3, 0.4) is 0 Å². The Balaban J connectivity index is 3.02. The summed E-state index contributed by atoms with van der Waals surface area (Å²) in [7, 11) is 0. The summed E-state index contributed by atoms with van der Waals surface area (Å²) in [5.41, 5.74) is 1.69. The van der Waals surface area contributed by atoms with E-state index >= 15 is 0 Å². The number of ether oxygens (including phenoxy) is 1. The van der Waals surface area contributed by atoms with Crippen molar-refractivity contribution in [1.82, 2.24) is 0 Å². The molecule has 0 aliphatic heterocycles. The van der Waals surface area contributed by atoms with Crippen molar-refractivity contribution in [3.05, 3.63) is 47.5 Å². The first-order valence-electron chi connectivity index (χ1n) is 5.22. The van der Waals surface area contributed by atoms with E-state index in [-0.39, 0.29) is 12.2 Å². The lowest BCUT2D eigenvalue weighted by Crippen LogP contribution is -2.05. The van der Waals surface area contributed by atoms with Crippen LogP contribution in [-0.2, 0) is 9.53 Å². The molecule has 0 amide bonds. The lowest BCUT2D eigenvalue weighted by atomic mass is 10.1. The summed E-state index contributed by atoms with van der Waals surface area (Å²) in [4.78, 5) is 11.4. The van der Waals surface area contributed by atoms with Gasteiger partial charge >= 0.3 is 5.97 Å². The van der Waals surface area contributed by atoms with Gasteiger partial charge in [-0.15, -0.1) is 0 Å². The summed E-state index contributed by atoms with van der Waals surface area (Å²) < 4.78 is 4.77. The number of rotatable bonds is 4. The zero-order valence-electron chi connectivity index (χ0n) is 9.64. The molecular weight excluding hydrogens is 214 g/mol. The number of hydrogen-bond acceptors (Lipinski definition) is 3. The molecule has 0 radical (unpaired) electrons. The molecule has 17 heavy (non-hydrogen) atoms. The minimum Gasteiger partial charge on any atom is -0.462 e. The highest BCUT2D eigenvalue weighted by molar-refractivity contribution is 5.97. The number of nitriles is 1. The molecular formula is C14H13NO2. The van der Waals surface area contributed by atoms with Crippen molar-refractivity contribution in [2.75, 3.05) is 6.61 Å². The van der Waals surface area contributed by atoms with E-state index in [4.69, 9.17) is 10.00 Å². The van der Waals surface area contributed by atoms with Crippen LogP contribution in [0.1, 0.15) is 18.1 Å². The Kier molecular flexibility index (Phi) is 4.71. The smallest absolute Gasteiger partial charge is 0.348 e. The molecule has 0 unspecified atom stereocenters. The van der Waals surface area contributed by atoms with E-state index in [0.717, 1.165) is 11.1 Å². The van der Waals surface area contributed by atoms with Gasteiger partial charge in [-0.2, -0.15) is 5.26 Å². The van der Waals surface area contributed by atoms with Gasteiger partial charge in [0.15, 0.2) is 0 Å². The largest absolute Gasteiger partial charge is 0.462 e. The zero-order valence-corrected chi connectivity index (χ0v) is 9.64. The van der Waals surface area contributed by atoms with Crippen LogP contribution in [-0.4, -0.2) is 12.6 Å². The summed E-state index contributed by atoms with van der Waals surface area (Å²) in [6, 6.07) is 9.21. The maximum atomic E-state index is 11.4. The van der Waals surface area contributed by atoms with Crippen LogP contribution >= 0.6 is 0 Å². The molecule has 0 N–H and O–H groups in total. The van der Waals surface area contributed by atoms with Crippen LogP contribution in [0.25, 0.3) is 12.2 Å². The Morgan fingerprint density at radius 1 is 1.53 bits per heavy atom. The van der Waals surface area contributed by atoms with Crippen molar-refractivity contribution >= 4 is 18.1 Å². The molecule has 1 aromatic rings. The topological polar surface area (TPSA) is 50.1 Å². The van der Waals surface area contributed by atoms with Crippen molar-refractivity contribution in [1.29, 1.82) is 5.26 Å². The molecule has 86 valence electrons. The average molecular weight is 227 g/mol. The van der Waals surface area contributed by atoms with Gasteiger partial charge in [-0.3, -0.25) is 0 Å². The van der Waals surface area contributed by atoms with E-state index in [2.05, 4.69) is 6.58 Å². The van der Waals surface area contributed by atoms with Crippen LogP contribution < -0.4 is 0 Å². The van der Waals surface area contributed by atoms with Gasteiger partial charge in [0, 0.05) is 0 Å². The second-order valence-electron chi connectivity index (χ2n) is 3.26. The van der Waals surface area contributed by atoms with Gasteiger partial charge in [-0.05, 0) is 30.2 Å². The van der Waals surface area contributed by atoms with Gasteiger partial charge in [0.25, 0.3) is 0 Å². The van der Waals surface area contributed by atoms with E-state index in [1.54, 1.807) is 13.0 Å². The molecule has 0 saturated heterocycles. The predicted molar refractivity (Wildman–Crippen MR) is 66.8 cm³/mol. The number of carbonyl (C=O) groups is 1. The molecule has 3 nitrogen and oxygen atoms in total. The van der Waals surface area contributed by atoms with Gasteiger partial charge in [-0.1, -0.05) is 30.9 Å². The van der Waals surface area contributed by atoms with Crippen molar-refractivity contribution in [3.8, 4) is 6.07 Å². The van der Waals surface area contributed by atoms with Crippen LogP contribution in [0.4, 0.5) is 0 Å². The number of nitrogens with zero attached hydrogens (tertiary/aromatic N) is 1. The molecule has 0 aliphatic rings. The summed E-state index contributed by atoms with van der Waals surface area (Å²) in [6.45, 7) is 5.61. The highest BCUT2D eigenvalue weighted by Gasteiger charge is 2.09. The average Bonchev–Trinajstić information content (AvgIpc) is 2.36. The first-order valence-corrected chi connectivity index (χ1v) is 5.22. The molecule has 0 atom stereocenters. The number of carbonyl (C=O) groups excluding carboxylic acids is 1. The van der Waals surface area contributed by atoms with E-state index in [1.165, 1.54) is 6.08 Å². The Bertz CT molecular complexity index is 495. The van der Waals surface area contributed by atoms with Crippen molar-refractivity contribution < 1.29 is 9.53 Å². The highest BCUT2D eigenvalue weighted by atomic mass is 16.5. The molecule has 0 aromatic heterocycles. The number of benzene rings is 1. The molecule has 1 rings (SSSR count). The molecule has 1 aromatic carbocycles. The predicted octanol–water partition coefficient (Wildman–Crippen LogP) is 2.80. The Labute approximate surface area is 101 Å². The van der Waals surface area contributed by atoms with E-state index < -0.39 is 5.97 Å². The van der Waals surface area contributed by atoms with E-state index in [9.17, 15) is 4.79 Å². The molecule has 3 heteroatoms. The summed E-state index contributed by atoms with van der Waals surface area (Å²) in [5.74, 6) is -0.598. The fourth-order valence-corrected chi connectivity index (χ4v) is 1.29. The van der Waals surface area contributed by atoms with Crippen molar-refractivity contribution in [2.45, 2.75) is 6.92 Å². The van der Waals surface area contributed by atoms with Gasteiger partial charge in [0.1, 0.15) is 11.6 Å². The third kappa shape index (κ3) is 3.62. The fraction of sp³-hybridized carbons (Fsp3) is 0.143. The van der Waals surface area contributed by atoms with Crippen LogP contribution in [0.2, 0.25) is 0 Å². The third-order valence-electron chi connectivity index (χ3n) is 2.07.